The molecule has 0 saturated carbocycles. The van der Waals surface area contributed by atoms with Gasteiger partial charge in [0.2, 0.25) is 0 Å². The molecular weight excluding hydrogens is 246 g/mol. The van der Waals surface area contributed by atoms with E-state index in [9.17, 15) is 4.79 Å². The normalized spacial score (nSPS) is 12.9. The Labute approximate surface area is 116 Å². The Bertz CT molecular complexity index is 270. The van der Waals surface area contributed by atoms with E-state index in [4.69, 9.17) is 9.47 Å². The predicted octanol–water partition coefficient (Wildman–Crippen LogP) is 0.920. The first-order valence-corrected chi connectivity index (χ1v) is 6.83. The van der Waals surface area contributed by atoms with Gasteiger partial charge in [-0.05, 0) is 27.2 Å². The molecule has 0 bridgehead atoms. The molecule has 1 unspecified atom stereocenters. The highest BCUT2D eigenvalue weighted by atomic mass is 16.5. The summed E-state index contributed by atoms with van der Waals surface area (Å²) in [5, 5.41) is 6.38. The van der Waals surface area contributed by atoms with Crippen molar-refractivity contribution in [3.8, 4) is 0 Å². The third kappa shape index (κ3) is 10.3. The Morgan fingerprint density at radius 1 is 1.37 bits per heavy atom. The van der Waals surface area contributed by atoms with E-state index in [1.54, 1.807) is 14.0 Å². The molecule has 2 N–H and O–H groups in total. The molecule has 0 radical (unpaired) electrons. The Morgan fingerprint density at radius 2 is 2.11 bits per heavy atom. The first-order valence-electron chi connectivity index (χ1n) is 6.83. The molecule has 0 amide bonds. The standard InChI is InChI=1S/C13H27N3O3/c1-5-14-13(16-11(3)10-18-4)15-9-7-8-12(17)19-6-2/h11H,5-10H2,1-4H3,(H2,14,15,16). The minimum absolute atomic E-state index is 0.164. The van der Waals surface area contributed by atoms with Gasteiger partial charge in [0.15, 0.2) is 5.96 Å². The fourth-order valence-electron chi connectivity index (χ4n) is 1.49. The molecule has 0 aromatic carbocycles. The first kappa shape index (κ1) is 17.7. The van der Waals surface area contributed by atoms with Crippen LogP contribution >= 0.6 is 0 Å². The summed E-state index contributed by atoms with van der Waals surface area (Å²) in [4.78, 5) is 15.6. The number of aliphatic imine (C=N–C) groups is 1. The van der Waals surface area contributed by atoms with Crippen LogP contribution in [0.1, 0.15) is 33.6 Å². The molecule has 112 valence electrons. The maximum atomic E-state index is 11.2. The van der Waals surface area contributed by atoms with Crippen molar-refractivity contribution < 1.29 is 14.3 Å². The van der Waals surface area contributed by atoms with Gasteiger partial charge in [0.05, 0.1) is 13.2 Å². The number of carbonyl (C=O) groups is 1. The van der Waals surface area contributed by atoms with Gasteiger partial charge in [-0.1, -0.05) is 0 Å². The van der Waals surface area contributed by atoms with E-state index in [0.717, 1.165) is 12.5 Å². The van der Waals surface area contributed by atoms with E-state index in [-0.39, 0.29) is 12.0 Å². The van der Waals surface area contributed by atoms with Crippen LogP contribution in [-0.4, -0.2) is 51.4 Å². The molecule has 6 heteroatoms. The Hall–Kier alpha value is -1.30. The van der Waals surface area contributed by atoms with Crippen molar-refractivity contribution in [2.75, 3.05) is 33.4 Å². The summed E-state index contributed by atoms with van der Waals surface area (Å²) >= 11 is 0. The maximum Gasteiger partial charge on any atom is 0.305 e. The number of nitrogens with zero attached hydrogens (tertiary/aromatic N) is 1. The van der Waals surface area contributed by atoms with Gasteiger partial charge in [0.1, 0.15) is 0 Å². The summed E-state index contributed by atoms with van der Waals surface area (Å²) in [7, 11) is 1.67. The van der Waals surface area contributed by atoms with E-state index >= 15 is 0 Å². The van der Waals surface area contributed by atoms with Gasteiger partial charge < -0.3 is 20.1 Å². The molecule has 0 aliphatic rings. The van der Waals surface area contributed by atoms with E-state index in [1.807, 2.05) is 13.8 Å². The second kappa shape index (κ2) is 11.8. The van der Waals surface area contributed by atoms with Gasteiger partial charge in [0, 0.05) is 32.7 Å². The summed E-state index contributed by atoms with van der Waals surface area (Å²) in [5.74, 6) is 0.583. The molecule has 19 heavy (non-hydrogen) atoms. The van der Waals surface area contributed by atoms with E-state index in [2.05, 4.69) is 15.6 Å². The topological polar surface area (TPSA) is 72.0 Å². The van der Waals surface area contributed by atoms with Crippen molar-refractivity contribution in [2.45, 2.75) is 39.7 Å². The SMILES string of the molecule is CCNC(=NCCCC(=O)OCC)NC(C)COC. The molecule has 0 rings (SSSR count). The maximum absolute atomic E-state index is 11.2. The van der Waals surface area contributed by atoms with E-state index in [1.165, 1.54) is 0 Å². The van der Waals surface area contributed by atoms with Crippen LogP contribution in [0.2, 0.25) is 0 Å². The van der Waals surface area contributed by atoms with Gasteiger partial charge in [0.25, 0.3) is 0 Å². The van der Waals surface area contributed by atoms with Crippen LogP contribution in [0.25, 0.3) is 0 Å². The first-order chi connectivity index (χ1) is 9.13. The molecule has 0 aromatic rings. The molecular formula is C13H27N3O3. The van der Waals surface area contributed by atoms with Gasteiger partial charge in [-0.3, -0.25) is 9.79 Å². The molecule has 0 saturated heterocycles. The lowest BCUT2D eigenvalue weighted by Gasteiger charge is -2.16. The Morgan fingerprint density at radius 3 is 2.68 bits per heavy atom. The zero-order chi connectivity index (χ0) is 14.5. The summed E-state index contributed by atoms with van der Waals surface area (Å²) in [5.41, 5.74) is 0. The number of esters is 1. The lowest BCUT2D eigenvalue weighted by atomic mass is 10.3. The average molecular weight is 273 g/mol. The Kier molecular flexibility index (Phi) is 11.0. The van der Waals surface area contributed by atoms with Crippen LogP contribution in [-0.2, 0) is 14.3 Å². The molecule has 1 atom stereocenters. The summed E-state index contributed by atoms with van der Waals surface area (Å²) in [6.07, 6.45) is 1.10. The molecule has 0 fully saturated rings. The molecule has 0 aliphatic heterocycles. The molecule has 0 heterocycles. The molecule has 0 spiro atoms. The van der Waals surface area contributed by atoms with Crippen molar-refractivity contribution in [1.29, 1.82) is 0 Å². The van der Waals surface area contributed by atoms with Crippen molar-refractivity contribution in [1.82, 2.24) is 10.6 Å². The third-order valence-electron chi connectivity index (χ3n) is 2.26. The molecule has 0 aromatic heterocycles. The highest BCUT2D eigenvalue weighted by Gasteiger charge is 2.04. The number of hydrogen-bond donors (Lipinski definition) is 2. The third-order valence-corrected chi connectivity index (χ3v) is 2.26. The molecule has 6 nitrogen and oxygen atoms in total. The number of guanidine groups is 1. The van der Waals surface area contributed by atoms with Crippen LogP contribution in [0.3, 0.4) is 0 Å². The van der Waals surface area contributed by atoms with Crippen LogP contribution in [0, 0.1) is 0 Å². The highest BCUT2D eigenvalue weighted by molar-refractivity contribution is 5.80. The number of hydrogen-bond acceptors (Lipinski definition) is 4. The lowest BCUT2D eigenvalue weighted by Crippen LogP contribution is -2.44. The fourth-order valence-corrected chi connectivity index (χ4v) is 1.49. The zero-order valence-corrected chi connectivity index (χ0v) is 12.5. The predicted molar refractivity (Wildman–Crippen MR) is 76.3 cm³/mol. The minimum atomic E-state index is -0.164. The summed E-state index contributed by atoms with van der Waals surface area (Å²) in [6.45, 7) is 8.28. The summed E-state index contributed by atoms with van der Waals surface area (Å²) < 4.78 is 9.92. The number of rotatable bonds is 9. The van der Waals surface area contributed by atoms with E-state index < -0.39 is 0 Å². The number of nitrogens with one attached hydrogen (secondary N) is 2. The monoisotopic (exact) mass is 273 g/mol. The second-order valence-corrected chi connectivity index (χ2v) is 4.17. The summed E-state index contributed by atoms with van der Waals surface area (Å²) in [6, 6.07) is 0.188. The average Bonchev–Trinajstić information content (AvgIpc) is 2.35. The van der Waals surface area contributed by atoms with Crippen LogP contribution < -0.4 is 10.6 Å². The second-order valence-electron chi connectivity index (χ2n) is 4.17. The molecule has 0 aliphatic carbocycles. The Balaban J connectivity index is 4.01. The van der Waals surface area contributed by atoms with Gasteiger partial charge >= 0.3 is 5.97 Å². The fraction of sp³-hybridized carbons (Fsp3) is 0.846. The largest absolute Gasteiger partial charge is 0.466 e. The van der Waals surface area contributed by atoms with E-state index in [0.29, 0.717) is 32.6 Å². The highest BCUT2D eigenvalue weighted by Crippen LogP contribution is 1.94. The van der Waals surface area contributed by atoms with Gasteiger partial charge in [-0.15, -0.1) is 0 Å². The number of methoxy groups -OCH3 is 1. The number of carbonyl (C=O) groups excluding carboxylic acids is 1. The van der Waals surface area contributed by atoms with Crippen molar-refractivity contribution in [2.24, 2.45) is 4.99 Å². The lowest BCUT2D eigenvalue weighted by molar-refractivity contribution is -0.143. The van der Waals surface area contributed by atoms with Crippen LogP contribution in [0.4, 0.5) is 0 Å². The van der Waals surface area contributed by atoms with Crippen LogP contribution in [0.5, 0.6) is 0 Å². The van der Waals surface area contributed by atoms with Crippen LogP contribution in [0.15, 0.2) is 4.99 Å². The van der Waals surface area contributed by atoms with Gasteiger partial charge in [-0.25, -0.2) is 0 Å². The smallest absolute Gasteiger partial charge is 0.305 e. The van der Waals surface area contributed by atoms with Crippen molar-refractivity contribution >= 4 is 11.9 Å². The quantitative estimate of drug-likeness (QED) is 0.283. The van der Waals surface area contributed by atoms with Gasteiger partial charge in [-0.2, -0.15) is 0 Å². The van der Waals surface area contributed by atoms with Crippen molar-refractivity contribution in [3.05, 3.63) is 0 Å². The minimum Gasteiger partial charge on any atom is -0.466 e. The van der Waals surface area contributed by atoms with Crippen molar-refractivity contribution in [3.63, 3.8) is 0 Å². The number of ether oxygens (including phenoxy) is 2. The zero-order valence-electron chi connectivity index (χ0n) is 12.5.